The molecular weight excluding hydrogens is 270 g/mol. The Morgan fingerprint density at radius 1 is 1.35 bits per heavy atom. The number of rotatable bonds is 5. The molecule has 2 rings (SSSR count). The second kappa shape index (κ2) is 6.52. The van der Waals surface area contributed by atoms with Gasteiger partial charge in [0, 0.05) is 17.6 Å². The molecule has 0 radical (unpaired) electrons. The lowest BCUT2D eigenvalue weighted by Gasteiger charge is -2.07. The van der Waals surface area contributed by atoms with E-state index < -0.39 is 0 Å². The highest BCUT2D eigenvalue weighted by atomic mass is 32.1. The number of thiazole rings is 1. The zero-order valence-electron chi connectivity index (χ0n) is 12.0. The van der Waals surface area contributed by atoms with Crippen LogP contribution in [0.1, 0.15) is 35.0 Å². The van der Waals surface area contributed by atoms with E-state index in [1.165, 1.54) is 16.9 Å². The normalized spacial score (nSPS) is 10.3. The number of anilines is 2. The molecule has 0 fully saturated rings. The number of amides is 1. The zero-order valence-corrected chi connectivity index (χ0v) is 12.8. The quantitative estimate of drug-likeness (QED) is 0.883. The van der Waals surface area contributed by atoms with Gasteiger partial charge in [-0.3, -0.25) is 4.79 Å². The van der Waals surface area contributed by atoms with Crippen LogP contribution in [0, 0.1) is 13.8 Å². The van der Waals surface area contributed by atoms with Crippen molar-refractivity contribution in [3.8, 4) is 0 Å². The fourth-order valence-electron chi connectivity index (χ4n) is 1.83. The van der Waals surface area contributed by atoms with Crippen LogP contribution in [0.3, 0.4) is 0 Å². The maximum atomic E-state index is 11.8. The van der Waals surface area contributed by atoms with Gasteiger partial charge in [0.05, 0.1) is 0 Å². The Morgan fingerprint density at radius 3 is 2.85 bits per heavy atom. The van der Waals surface area contributed by atoms with Crippen LogP contribution in [0.15, 0.2) is 23.6 Å². The molecule has 0 aliphatic carbocycles. The lowest BCUT2D eigenvalue weighted by atomic mass is 10.1. The highest BCUT2D eigenvalue weighted by Crippen LogP contribution is 2.24. The molecule has 0 aliphatic rings. The van der Waals surface area contributed by atoms with Crippen LogP contribution < -0.4 is 10.6 Å². The molecule has 1 heterocycles. The third kappa shape index (κ3) is 3.57. The number of aromatic nitrogens is 1. The van der Waals surface area contributed by atoms with Crippen LogP contribution in [0.4, 0.5) is 10.8 Å². The first-order valence-electron chi connectivity index (χ1n) is 6.68. The van der Waals surface area contributed by atoms with Crippen molar-refractivity contribution in [3.05, 3.63) is 40.4 Å². The fourth-order valence-corrected chi connectivity index (χ4v) is 2.54. The van der Waals surface area contributed by atoms with E-state index in [0.717, 1.165) is 22.8 Å². The number of nitrogens with one attached hydrogen (secondary N) is 2. The number of benzene rings is 1. The van der Waals surface area contributed by atoms with Crippen LogP contribution in [0.25, 0.3) is 0 Å². The van der Waals surface area contributed by atoms with E-state index in [0.29, 0.717) is 12.2 Å². The third-order valence-electron chi connectivity index (χ3n) is 2.90. The van der Waals surface area contributed by atoms with E-state index in [2.05, 4.69) is 41.6 Å². The Balaban J connectivity index is 2.07. The van der Waals surface area contributed by atoms with Gasteiger partial charge in [-0.05, 0) is 31.9 Å². The number of hydrogen-bond donors (Lipinski definition) is 2. The molecule has 1 aromatic carbocycles. The molecule has 0 saturated heterocycles. The van der Waals surface area contributed by atoms with E-state index in [4.69, 9.17) is 0 Å². The van der Waals surface area contributed by atoms with Crippen molar-refractivity contribution in [2.45, 2.75) is 27.2 Å². The molecule has 0 unspecified atom stereocenters. The average molecular weight is 289 g/mol. The Hall–Kier alpha value is -1.88. The molecule has 0 saturated carbocycles. The van der Waals surface area contributed by atoms with Gasteiger partial charge in [0.1, 0.15) is 5.69 Å². The predicted molar refractivity (Wildman–Crippen MR) is 83.9 cm³/mol. The molecule has 20 heavy (non-hydrogen) atoms. The van der Waals surface area contributed by atoms with Crippen LogP contribution in [0.5, 0.6) is 0 Å². The lowest BCUT2D eigenvalue weighted by Crippen LogP contribution is -2.24. The topological polar surface area (TPSA) is 54.0 Å². The average Bonchev–Trinajstić information content (AvgIpc) is 2.88. The first kappa shape index (κ1) is 14.5. The second-order valence-electron chi connectivity index (χ2n) is 4.74. The summed E-state index contributed by atoms with van der Waals surface area (Å²) in [6.07, 6.45) is 0.920. The largest absolute Gasteiger partial charge is 0.351 e. The van der Waals surface area contributed by atoms with Gasteiger partial charge in [0.2, 0.25) is 0 Å². The Kier molecular flexibility index (Phi) is 4.74. The maximum absolute atomic E-state index is 11.8. The van der Waals surface area contributed by atoms with Gasteiger partial charge in [-0.15, -0.1) is 11.3 Å². The summed E-state index contributed by atoms with van der Waals surface area (Å²) in [7, 11) is 0. The standard InChI is InChI=1S/C15H19N3OS/c1-4-7-16-14(19)13-9-20-15(18-13)17-12-6-5-10(2)8-11(12)3/h5-6,8-9H,4,7H2,1-3H3,(H,16,19)(H,17,18). The van der Waals surface area contributed by atoms with Crippen LogP contribution >= 0.6 is 11.3 Å². The van der Waals surface area contributed by atoms with Crippen molar-refractivity contribution in [3.63, 3.8) is 0 Å². The van der Waals surface area contributed by atoms with E-state index >= 15 is 0 Å². The summed E-state index contributed by atoms with van der Waals surface area (Å²) in [5, 5.41) is 8.59. The minimum Gasteiger partial charge on any atom is -0.351 e. The van der Waals surface area contributed by atoms with Gasteiger partial charge < -0.3 is 10.6 Å². The lowest BCUT2D eigenvalue weighted by molar-refractivity contribution is 0.0949. The van der Waals surface area contributed by atoms with E-state index in [-0.39, 0.29) is 5.91 Å². The van der Waals surface area contributed by atoms with Crippen LogP contribution in [-0.4, -0.2) is 17.4 Å². The van der Waals surface area contributed by atoms with E-state index in [1.54, 1.807) is 5.38 Å². The maximum Gasteiger partial charge on any atom is 0.270 e. The summed E-state index contributed by atoms with van der Waals surface area (Å²) in [6, 6.07) is 6.20. The van der Waals surface area contributed by atoms with Crippen molar-refractivity contribution in [2.75, 3.05) is 11.9 Å². The Labute approximate surface area is 123 Å². The van der Waals surface area contributed by atoms with Crippen molar-refractivity contribution in [1.29, 1.82) is 0 Å². The molecular formula is C15H19N3OS. The molecule has 0 spiro atoms. The number of aryl methyl sites for hydroxylation is 2. The summed E-state index contributed by atoms with van der Waals surface area (Å²) in [5.74, 6) is -0.114. The van der Waals surface area contributed by atoms with E-state index in [9.17, 15) is 4.79 Å². The molecule has 0 bridgehead atoms. The molecule has 2 aromatic rings. The van der Waals surface area contributed by atoms with Gasteiger partial charge in [-0.25, -0.2) is 4.98 Å². The van der Waals surface area contributed by atoms with E-state index in [1.807, 2.05) is 13.0 Å². The molecule has 5 heteroatoms. The summed E-state index contributed by atoms with van der Waals surface area (Å²) >= 11 is 1.44. The molecule has 1 amide bonds. The first-order chi connectivity index (χ1) is 9.60. The summed E-state index contributed by atoms with van der Waals surface area (Å²) in [5.41, 5.74) is 3.88. The minimum atomic E-state index is -0.114. The fraction of sp³-hybridized carbons (Fsp3) is 0.333. The van der Waals surface area contributed by atoms with Gasteiger partial charge >= 0.3 is 0 Å². The zero-order chi connectivity index (χ0) is 14.5. The van der Waals surface area contributed by atoms with Crippen LogP contribution in [-0.2, 0) is 0 Å². The van der Waals surface area contributed by atoms with Crippen molar-refractivity contribution in [1.82, 2.24) is 10.3 Å². The SMILES string of the molecule is CCCNC(=O)c1csc(Nc2ccc(C)cc2C)n1. The molecule has 106 valence electrons. The molecule has 4 nitrogen and oxygen atoms in total. The Bertz CT molecular complexity index is 607. The molecule has 2 N–H and O–H groups in total. The minimum absolute atomic E-state index is 0.114. The number of nitrogens with zero attached hydrogens (tertiary/aromatic N) is 1. The Morgan fingerprint density at radius 2 is 2.15 bits per heavy atom. The monoisotopic (exact) mass is 289 g/mol. The summed E-state index contributed by atoms with van der Waals surface area (Å²) < 4.78 is 0. The van der Waals surface area contributed by atoms with Crippen molar-refractivity contribution < 1.29 is 4.79 Å². The first-order valence-corrected chi connectivity index (χ1v) is 7.56. The number of carbonyl (C=O) groups excluding carboxylic acids is 1. The summed E-state index contributed by atoms with van der Waals surface area (Å²) in [6.45, 7) is 6.82. The molecule has 1 aromatic heterocycles. The molecule has 0 atom stereocenters. The van der Waals surface area contributed by atoms with Crippen LogP contribution in [0.2, 0.25) is 0 Å². The number of hydrogen-bond acceptors (Lipinski definition) is 4. The second-order valence-corrected chi connectivity index (χ2v) is 5.60. The van der Waals surface area contributed by atoms with Crippen molar-refractivity contribution >= 4 is 28.1 Å². The van der Waals surface area contributed by atoms with Gasteiger partial charge in [0.15, 0.2) is 5.13 Å². The number of carbonyl (C=O) groups is 1. The van der Waals surface area contributed by atoms with Gasteiger partial charge in [0.25, 0.3) is 5.91 Å². The van der Waals surface area contributed by atoms with Gasteiger partial charge in [-0.2, -0.15) is 0 Å². The summed E-state index contributed by atoms with van der Waals surface area (Å²) in [4.78, 5) is 16.1. The smallest absolute Gasteiger partial charge is 0.270 e. The highest BCUT2D eigenvalue weighted by molar-refractivity contribution is 7.14. The predicted octanol–water partition coefficient (Wildman–Crippen LogP) is 3.64. The molecule has 0 aliphatic heterocycles. The van der Waals surface area contributed by atoms with Gasteiger partial charge in [-0.1, -0.05) is 24.6 Å². The third-order valence-corrected chi connectivity index (χ3v) is 3.65. The van der Waals surface area contributed by atoms with Crippen molar-refractivity contribution in [2.24, 2.45) is 0 Å². The highest BCUT2D eigenvalue weighted by Gasteiger charge is 2.10.